The fraction of sp³-hybridized carbons (Fsp3) is 0.350. The maximum absolute atomic E-state index is 13.4. The molecule has 4 aromatic carbocycles. The van der Waals surface area contributed by atoms with Gasteiger partial charge in [-0.05, 0) is 85.3 Å². The molecule has 14 nitrogen and oxygen atoms in total. The molecular formula is C40H48N4O10S2. The number of nitrogens with zero attached hydrogens (tertiary/aromatic N) is 2. The summed E-state index contributed by atoms with van der Waals surface area (Å²) in [4.78, 5) is 25.4. The van der Waals surface area contributed by atoms with Crippen LogP contribution in [0.25, 0.3) is 0 Å². The molecule has 0 bridgehead atoms. The highest BCUT2D eigenvalue weighted by atomic mass is 32.2. The number of methoxy groups -OCH3 is 2. The van der Waals surface area contributed by atoms with Crippen LogP contribution in [0.3, 0.4) is 0 Å². The Labute approximate surface area is 328 Å². The van der Waals surface area contributed by atoms with Crippen LogP contribution in [-0.2, 0) is 29.6 Å². The molecule has 2 aliphatic heterocycles. The average molecular weight is 809 g/mol. The summed E-state index contributed by atoms with van der Waals surface area (Å²) in [6.45, 7) is 0.408. The van der Waals surface area contributed by atoms with Crippen LogP contribution in [0, 0.1) is 0 Å². The molecule has 2 heterocycles. The lowest BCUT2D eigenvalue weighted by Gasteiger charge is -2.32. The van der Waals surface area contributed by atoms with Gasteiger partial charge in [0.25, 0.3) is 11.8 Å². The van der Waals surface area contributed by atoms with Gasteiger partial charge in [0, 0.05) is 24.9 Å². The molecule has 6 rings (SSSR count). The normalized spacial score (nSPS) is 20.9. The molecule has 16 heteroatoms. The predicted molar refractivity (Wildman–Crippen MR) is 207 cm³/mol. The molecule has 2 aliphatic rings. The molecule has 0 radical (unpaired) electrons. The fourth-order valence-corrected chi connectivity index (χ4v) is 10.7. The monoisotopic (exact) mass is 808 g/mol. The molecule has 2 amide bonds. The molecule has 300 valence electrons. The minimum absolute atomic E-state index is 0.0813. The number of rotatable bonds is 10. The van der Waals surface area contributed by atoms with Gasteiger partial charge in [-0.25, -0.2) is 27.8 Å². The van der Waals surface area contributed by atoms with E-state index in [0.717, 1.165) is 24.0 Å². The van der Waals surface area contributed by atoms with Crippen LogP contribution in [0.4, 0.5) is 0 Å². The molecule has 0 aromatic heterocycles. The van der Waals surface area contributed by atoms with Gasteiger partial charge >= 0.3 is 0 Å². The molecule has 2 fully saturated rings. The number of nitrogens with one attached hydrogen (secondary N) is 2. The number of sulfonamides is 2. The Hall–Kier alpha value is -4.84. The quantitative estimate of drug-likeness (QED) is 0.125. The van der Waals surface area contributed by atoms with Gasteiger partial charge in [-0.2, -0.15) is 8.61 Å². The molecule has 4 N–H and O–H groups in total. The summed E-state index contributed by atoms with van der Waals surface area (Å²) < 4.78 is 66.1. The van der Waals surface area contributed by atoms with Gasteiger partial charge in [0.1, 0.15) is 23.6 Å². The Balaban J connectivity index is 0.000000214. The van der Waals surface area contributed by atoms with Crippen LogP contribution >= 0.6 is 0 Å². The summed E-state index contributed by atoms with van der Waals surface area (Å²) >= 11 is 0. The SMILES string of the molecule is COc1ccc(S(=O)(=O)N2CCCC[C@@H](c3ccccc3)[C@@H]2C(=O)NO)cc1.COc1ccc(S(=O)(=O)N2CCCC[C@@H](c3ccccc3)[C@@H]2C(=O)NO)cc1. The van der Waals surface area contributed by atoms with Gasteiger partial charge in [-0.1, -0.05) is 73.5 Å². The number of hydrogen-bond acceptors (Lipinski definition) is 10. The Morgan fingerprint density at radius 3 is 1.20 bits per heavy atom. The van der Waals surface area contributed by atoms with E-state index < -0.39 is 43.9 Å². The highest BCUT2D eigenvalue weighted by Crippen LogP contribution is 2.37. The van der Waals surface area contributed by atoms with Crippen molar-refractivity contribution in [2.24, 2.45) is 0 Å². The molecule has 0 unspecified atom stereocenters. The van der Waals surface area contributed by atoms with E-state index in [-0.39, 0.29) is 34.7 Å². The van der Waals surface area contributed by atoms with E-state index in [2.05, 4.69) is 0 Å². The smallest absolute Gasteiger partial charge is 0.262 e. The van der Waals surface area contributed by atoms with Crippen molar-refractivity contribution in [3.8, 4) is 11.5 Å². The van der Waals surface area contributed by atoms with Crippen LogP contribution in [0.1, 0.15) is 61.5 Å². The Kier molecular flexibility index (Phi) is 14.6. The molecule has 2 saturated heterocycles. The maximum Gasteiger partial charge on any atom is 0.262 e. The van der Waals surface area contributed by atoms with Gasteiger partial charge in [0.15, 0.2) is 0 Å². The van der Waals surface area contributed by atoms with E-state index in [4.69, 9.17) is 9.47 Å². The first-order chi connectivity index (χ1) is 27.0. The average Bonchev–Trinajstić information content (AvgIpc) is 3.62. The van der Waals surface area contributed by atoms with Crippen molar-refractivity contribution in [2.45, 2.75) is 72.2 Å². The third-order valence-electron chi connectivity index (χ3n) is 10.2. The van der Waals surface area contributed by atoms with Gasteiger partial charge in [-0.3, -0.25) is 20.0 Å². The molecule has 0 saturated carbocycles. The Morgan fingerprint density at radius 1 is 0.554 bits per heavy atom. The number of benzene rings is 4. The lowest BCUT2D eigenvalue weighted by atomic mass is 9.87. The second kappa shape index (κ2) is 19.3. The van der Waals surface area contributed by atoms with Gasteiger partial charge in [0.2, 0.25) is 20.0 Å². The van der Waals surface area contributed by atoms with Crippen LogP contribution in [0.15, 0.2) is 119 Å². The van der Waals surface area contributed by atoms with E-state index >= 15 is 0 Å². The van der Waals surface area contributed by atoms with Crippen LogP contribution in [0.2, 0.25) is 0 Å². The fourth-order valence-electron chi connectivity index (χ4n) is 7.42. The second-order valence-corrected chi connectivity index (χ2v) is 17.2. The van der Waals surface area contributed by atoms with Crippen molar-refractivity contribution in [3.63, 3.8) is 0 Å². The third-order valence-corrected chi connectivity index (χ3v) is 14.0. The lowest BCUT2D eigenvalue weighted by Crippen LogP contribution is -2.51. The van der Waals surface area contributed by atoms with E-state index in [1.54, 1.807) is 35.2 Å². The second-order valence-electron chi connectivity index (χ2n) is 13.5. The number of hydrogen-bond donors (Lipinski definition) is 4. The molecule has 0 aliphatic carbocycles. The Morgan fingerprint density at radius 2 is 0.893 bits per heavy atom. The molecule has 0 spiro atoms. The topological polar surface area (TPSA) is 192 Å². The number of hydroxylamine groups is 2. The highest BCUT2D eigenvalue weighted by molar-refractivity contribution is 7.89. The zero-order valence-electron chi connectivity index (χ0n) is 31.2. The lowest BCUT2D eigenvalue weighted by molar-refractivity contribution is -0.134. The van der Waals surface area contributed by atoms with Crippen molar-refractivity contribution < 1.29 is 46.3 Å². The summed E-state index contributed by atoms with van der Waals surface area (Å²) in [6.07, 6.45) is 4.13. The number of carbonyl (C=O) groups excluding carboxylic acids is 2. The summed E-state index contributed by atoms with van der Waals surface area (Å²) in [5, 5.41) is 18.7. The van der Waals surface area contributed by atoms with E-state index in [1.807, 2.05) is 60.7 Å². The standard InChI is InChI=1S/2C20H24N2O5S/c2*1-27-16-10-12-17(13-11-16)28(25,26)22-14-6-5-9-18(19(22)20(23)21-24)15-7-3-2-4-8-15/h2*2-4,7-8,10-13,18-19,24H,5-6,9,14H2,1H3,(H,21,23)/t2*18-,19+/m00/s1. The minimum atomic E-state index is -3.95. The molecule has 4 atom stereocenters. The van der Waals surface area contributed by atoms with Gasteiger partial charge in [0.05, 0.1) is 24.0 Å². The summed E-state index contributed by atoms with van der Waals surface area (Å²) in [5.41, 5.74) is 5.07. The van der Waals surface area contributed by atoms with Gasteiger partial charge < -0.3 is 9.47 Å². The van der Waals surface area contributed by atoms with Gasteiger partial charge in [-0.15, -0.1) is 0 Å². The first-order valence-electron chi connectivity index (χ1n) is 18.3. The summed E-state index contributed by atoms with van der Waals surface area (Å²) in [6, 6.07) is 28.7. The number of amides is 2. The third kappa shape index (κ3) is 9.57. The van der Waals surface area contributed by atoms with Crippen LogP contribution < -0.4 is 20.4 Å². The van der Waals surface area contributed by atoms with Crippen molar-refractivity contribution >= 4 is 31.9 Å². The largest absolute Gasteiger partial charge is 0.497 e. The zero-order chi connectivity index (χ0) is 40.3. The van der Waals surface area contributed by atoms with Crippen molar-refractivity contribution in [3.05, 3.63) is 120 Å². The van der Waals surface area contributed by atoms with Crippen molar-refractivity contribution in [1.29, 1.82) is 0 Å². The molecular weight excluding hydrogens is 761 g/mol. The number of carbonyl (C=O) groups is 2. The highest BCUT2D eigenvalue weighted by Gasteiger charge is 2.44. The van der Waals surface area contributed by atoms with E-state index in [0.29, 0.717) is 37.2 Å². The minimum Gasteiger partial charge on any atom is -0.497 e. The van der Waals surface area contributed by atoms with E-state index in [1.165, 1.54) is 47.1 Å². The molecule has 56 heavy (non-hydrogen) atoms. The van der Waals surface area contributed by atoms with Crippen molar-refractivity contribution in [2.75, 3.05) is 27.3 Å². The first-order valence-corrected chi connectivity index (χ1v) is 21.2. The predicted octanol–water partition coefficient (Wildman–Crippen LogP) is 5.06. The summed E-state index contributed by atoms with van der Waals surface area (Å²) in [5.74, 6) is -1.09. The van der Waals surface area contributed by atoms with Crippen LogP contribution in [-0.4, -0.2) is 87.1 Å². The zero-order valence-corrected chi connectivity index (χ0v) is 32.9. The molecule has 4 aromatic rings. The summed E-state index contributed by atoms with van der Waals surface area (Å²) in [7, 11) is -4.89. The van der Waals surface area contributed by atoms with Crippen LogP contribution in [0.5, 0.6) is 11.5 Å². The van der Waals surface area contributed by atoms with Crippen molar-refractivity contribution in [1.82, 2.24) is 19.6 Å². The Bertz CT molecular complexity index is 1950. The number of ether oxygens (including phenoxy) is 2. The maximum atomic E-state index is 13.4. The van der Waals surface area contributed by atoms with E-state index in [9.17, 15) is 36.8 Å². The first kappa shape index (κ1) is 42.3.